The molecular weight excluding hydrogens is 366 g/mol. The summed E-state index contributed by atoms with van der Waals surface area (Å²) in [5.74, 6) is 1.90. The highest BCUT2D eigenvalue weighted by Crippen LogP contribution is 2.39. The van der Waals surface area contributed by atoms with E-state index in [1.54, 1.807) is 14.2 Å². The normalized spacial score (nSPS) is 25.7. The SMILES string of the molecule is COc1ccc(OC)c(C2CCCN2C(=O)CN2CCCC2CN2CCCC2)c1. The molecule has 6 heteroatoms. The second-order valence-electron chi connectivity index (χ2n) is 8.63. The number of carbonyl (C=O) groups excluding carboxylic acids is 1. The second kappa shape index (κ2) is 9.35. The lowest BCUT2D eigenvalue weighted by molar-refractivity contribution is -0.133. The van der Waals surface area contributed by atoms with Crippen LogP contribution >= 0.6 is 0 Å². The average molecular weight is 402 g/mol. The predicted molar refractivity (Wildman–Crippen MR) is 114 cm³/mol. The molecule has 3 heterocycles. The van der Waals surface area contributed by atoms with Crippen LogP contribution in [-0.2, 0) is 4.79 Å². The van der Waals surface area contributed by atoms with Crippen molar-refractivity contribution in [3.8, 4) is 11.5 Å². The molecule has 0 aliphatic carbocycles. The number of hydrogen-bond acceptors (Lipinski definition) is 5. The van der Waals surface area contributed by atoms with Crippen LogP contribution in [0.5, 0.6) is 11.5 Å². The highest BCUT2D eigenvalue weighted by Gasteiger charge is 2.35. The quantitative estimate of drug-likeness (QED) is 0.703. The Labute approximate surface area is 174 Å². The van der Waals surface area contributed by atoms with Crippen molar-refractivity contribution in [1.29, 1.82) is 0 Å². The Hall–Kier alpha value is -1.79. The highest BCUT2D eigenvalue weighted by molar-refractivity contribution is 5.79. The van der Waals surface area contributed by atoms with Gasteiger partial charge < -0.3 is 19.3 Å². The minimum Gasteiger partial charge on any atom is -0.497 e. The van der Waals surface area contributed by atoms with E-state index in [4.69, 9.17) is 9.47 Å². The fourth-order valence-electron chi connectivity index (χ4n) is 5.33. The van der Waals surface area contributed by atoms with E-state index in [2.05, 4.69) is 14.7 Å². The first-order valence-electron chi connectivity index (χ1n) is 11.2. The molecule has 1 aromatic carbocycles. The molecule has 0 aromatic heterocycles. The van der Waals surface area contributed by atoms with E-state index >= 15 is 0 Å². The Kier molecular flexibility index (Phi) is 6.60. The third-order valence-electron chi connectivity index (χ3n) is 6.87. The number of likely N-dealkylation sites (tertiary alicyclic amines) is 3. The van der Waals surface area contributed by atoms with Gasteiger partial charge >= 0.3 is 0 Å². The minimum absolute atomic E-state index is 0.0761. The van der Waals surface area contributed by atoms with E-state index in [9.17, 15) is 4.79 Å². The van der Waals surface area contributed by atoms with Gasteiger partial charge in [0.2, 0.25) is 5.91 Å². The monoisotopic (exact) mass is 401 g/mol. The maximum atomic E-state index is 13.3. The van der Waals surface area contributed by atoms with Crippen LogP contribution in [-0.4, -0.2) is 80.1 Å². The van der Waals surface area contributed by atoms with E-state index in [1.807, 2.05) is 18.2 Å². The molecule has 2 atom stereocenters. The molecule has 1 aromatic rings. The Balaban J connectivity index is 1.44. The van der Waals surface area contributed by atoms with Crippen molar-refractivity contribution in [3.05, 3.63) is 23.8 Å². The highest BCUT2D eigenvalue weighted by atomic mass is 16.5. The van der Waals surface area contributed by atoms with Gasteiger partial charge in [-0.05, 0) is 76.4 Å². The van der Waals surface area contributed by atoms with Crippen molar-refractivity contribution in [2.45, 2.75) is 50.6 Å². The van der Waals surface area contributed by atoms with Gasteiger partial charge in [0, 0.05) is 24.7 Å². The van der Waals surface area contributed by atoms with Gasteiger partial charge in [0.25, 0.3) is 0 Å². The van der Waals surface area contributed by atoms with E-state index < -0.39 is 0 Å². The largest absolute Gasteiger partial charge is 0.497 e. The first kappa shape index (κ1) is 20.5. The van der Waals surface area contributed by atoms with Gasteiger partial charge in [-0.2, -0.15) is 0 Å². The third kappa shape index (κ3) is 4.53. The maximum Gasteiger partial charge on any atom is 0.237 e. The molecule has 4 rings (SSSR count). The van der Waals surface area contributed by atoms with Gasteiger partial charge in [-0.25, -0.2) is 0 Å². The first-order chi connectivity index (χ1) is 14.2. The van der Waals surface area contributed by atoms with Gasteiger partial charge in [-0.15, -0.1) is 0 Å². The van der Waals surface area contributed by atoms with Gasteiger partial charge in [-0.1, -0.05) is 0 Å². The molecular formula is C23H35N3O3. The first-order valence-corrected chi connectivity index (χ1v) is 11.2. The number of ether oxygens (including phenoxy) is 2. The number of carbonyl (C=O) groups is 1. The Morgan fingerprint density at radius 1 is 1.00 bits per heavy atom. The fraction of sp³-hybridized carbons (Fsp3) is 0.696. The van der Waals surface area contributed by atoms with Crippen LogP contribution in [0.2, 0.25) is 0 Å². The summed E-state index contributed by atoms with van der Waals surface area (Å²) in [5.41, 5.74) is 1.06. The third-order valence-corrected chi connectivity index (χ3v) is 6.87. The van der Waals surface area contributed by atoms with Crippen molar-refractivity contribution in [2.24, 2.45) is 0 Å². The van der Waals surface area contributed by atoms with Crippen LogP contribution in [0.15, 0.2) is 18.2 Å². The minimum atomic E-state index is 0.0761. The number of amides is 1. The number of methoxy groups -OCH3 is 2. The number of nitrogens with zero attached hydrogens (tertiary/aromatic N) is 3. The molecule has 0 bridgehead atoms. The standard InChI is InChI=1S/C23H35N3O3/c1-28-19-9-10-22(29-2)20(15-19)21-8-6-14-26(21)23(27)17-25-13-5-7-18(25)16-24-11-3-4-12-24/h9-10,15,18,21H,3-8,11-14,16-17H2,1-2H3. The molecule has 3 fully saturated rings. The molecule has 3 saturated heterocycles. The van der Waals surface area contributed by atoms with Gasteiger partial charge in [0.1, 0.15) is 11.5 Å². The van der Waals surface area contributed by atoms with Crippen molar-refractivity contribution in [1.82, 2.24) is 14.7 Å². The zero-order valence-electron chi connectivity index (χ0n) is 17.9. The Bertz CT molecular complexity index is 705. The van der Waals surface area contributed by atoms with Gasteiger partial charge in [0.05, 0.1) is 26.8 Å². The van der Waals surface area contributed by atoms with Crippen LogP contribution in [0.25, 0.3) is 0 Å². The summed E-state index contributed by atoms with van der Waals surface area (Å²) in [6.45, 7) is 5.99. The van der Waals surface area contributed by atoms with Crippen LogP contribution < -0.4 is 9.47 Å². The second-order valence-corrected chi connectivity index (χ2v) is 8.63. The average Bonchev–Trinajstić information content (AvgIpc) is 3.50. The van der Waals surface area contributed by atoms with E-state index in [0.717, 1.165) is 49.5 Å². The zero-order chi connectivity index (χ0) is 20.2. The number of rotatable bonds is 7. The molecule has 0 spiro atoms. The summed E-state index contributed by atoms with van der Waals surface area (Å²) in [6, 6.07) is 6.50. The summed E-state index contributed by atoms with van der Waals surface area (Å²) >= 11 is 0. The fourth-order valence-corrected chi connectivity index (χ4v) is 5.33. The van der Waals surface area contributed by atoms with Crippen molar-refractivity contribution in [2.75, 3.05) is 53.5 Å². The molecule has 2 unspecified atom stereocenters. The molecule has 0 radical (unpaired) electrons. The molecule has 0 saturated carbocycles. The Morgan fingerprint density at radius 2 is 1.79 bits per heavy atom. The molecule has 160 valence electrons. The summed E-state index contributed by atoms with van der Waals surface area (Å²) in [6.07, 6.45) is 7.09. The van der Waals surface area contributed by atoms with Crippen molar-refractivity contribution in [3.63, 3.8) is 0 Å². The molecule has 6 nitrogen and oxygen atoms in total. The van der Waals surface area contributed by atoms with Crippen molar-refractivity contribution >= 4 is 5.91 Å². The number of hydrogen-bond donors (Lipinski definition) is 0. The molecule has 1 amide bonds. The lowest BCUT2D eigenvalue weighted by Crippen LogP contribution is -2.45. The Morgan fingerprint density at radius 3 is 2.55 bits per heavy atom. The molecule has 0 N–H and O–H groups in total. The summed E-state index contributed by atoms with van der Waals surface area (Å²) in [4.78, 5) is 20.4. The lowest BCUT2D eigenvalue weighted by Gasteiger charge is -2.32. The van der Waals surface area contributed by atoms with E-state index in [0.29, 0.717) is 12.6 Å². The zero-order valence-corrected chi connectivity index (χ0v) is 17.9. The summed E-state index contributed by atoms with van der Waals surface area (Å²) in [7, 11) is 3.37. The maximum absolute atomic E-state index is 13.3. The van der Waals surface area contributed by atoms with E-state index in [-0.39, 0.29) is 11.9 Å². The lowest BCUT2D eigenvalue weighted by atomic mass is 10.0. The van der Waals surface area contributed by atoms with Crippen LogP contribution in [0, 0.1) is 0 Å². The number of benzene rings is 1. The van der Waals surface area contributed by atoms with Crippen LogP contribution in [0.4, 0.5) is 0 Å². The molecule has 29 heavy (non-hydrogen) atoms. The topological polar surface area (TPSA) is 45.3 Å². The molecule has 3 aliphatic heterocycles. The summed E-state index contributed by atoms with van der Waals surface area (Å²) < 4.78 is 11.0. The van der Waals surface area contributed by atoms with E-state index in [1.165, 1.54) is 38.8 Å². The van der Waals surface area contributed by atoms with Crippen molar-refractivity contribution < 1.29 is 14.3 Å². The predicted octanol–water partition coefficient (Wildman–Crippen LogP) is 2.93. The van der Waals surface area contributed by atoms with Crippen LogP contribution in [0.1, 0.15) is 50.1 Å². The smallest absolute Gasteiger partial charge is 0.237 e. The van der Waals surface area contributed by atoms with Gasteiger partial charge in [-0.3, -0.25) is 9.69 Å². The van der Waals surface area contributed by atoms with Crippen LogP contribution in [0.3, 0.4) is 0 Å². The van der Waals surface area contributed by atoms with Gasteiger partial charge in [0.15, 0.2) is 0 Å². The molecule has 3 aliphatic rings. The summed E-state index contributed by atoms with van der Waals surface area (Å²) in [5, 5.41) is 0.